The van der Waals surface area contributed by atoms with E-state index in [0.717, 1.165) is 11.3 Å². The maximum Gasteiger partial charge on any atom is 0.313 e. The monoisotopic (exact) mass is 237 g/mol. The molecule has 0 saturated carbocycles. The summed E-state index contributed by atoms with van der Waals surface area (Å²) in [5.41, 5.74) is 5.91. The Bertz CT molecular complexity index is 392. The molecule has 0 saturated heterocycles. The second-order valence-electron chi connectivity index (χ2n) is 4.24. The maximum absolute atomic E-state index is 11.7. The molecule has 1 aromatic carbocycles. The molecule has 1 rings (SSSR count). The van der Waals surface area contributed by atoms with Gasteiger partial charge in [-0.15, -0.1) is 0 Å². The van der Waals surface area contributed by atoms with E-state index in [0.29, 0.717) is 6.42 Å². The molecule has 17 heavy (non-hydrogen) atoms. The number of carbonyl (C=O) groups is 1. The predicted octanol–water partition coefficient (Wildman–Crippen LogP) is 1.38. The minimum atomic E-state index is -0.719. The number of methoxy groups -OCH3 is 2. The molecular weight excluding hydrogens is 218 g/mol. The Morgan fingerprint density at radius 3 is 2.53 bits per heavy atom. The Morgan fingerprint density at radius 1 is 1.35 bits per heavy atom. The van der Waals surface area contributed by atoms with Gasteiger partial charge in [0.25, 0.3) is 0 Å². The van der Waals surface area contributed by atoms with E-state index in [1.165, 1.54) is 7.11 Å². The fraction of sp³-hybridized carbons (Fsp3) is 0.462. The number of para-hydroxylation sites is 1. The molecule has 1 atom stereocenters. The number of esters is 1. The SMILES string of the molecule is COC(=O)C(C)(CN)Cc1ccccc1OC. The van der Waals surface area contributed by atoms with Crippen LogP contribution in [0.25, 0.3) is 0 Å². The van der Waals surface area contributed by atoms with Crippen LogP contribution >= 0.6 is 0 Å². The predicted molar refractivity (Wildman–Crippen MR) is 65.9 cm³/mol. The number of ether oxygens (including phenoxy) is 2. The minimum absolute atomic E-state index is 0.234. The van der Waals surface area contributed by atoms with E-state index in [4.69, 9.17) is 15.2 Å². The van der Waals surface area contributed by atoms with Crippen molar-refractivity contribution in [1.82, 2.24) is 0 Å². The van der Waals surface area contributed by atoms with Crippen LogP contribution in [0.1, 0.15) is 12.5 Å². The standard InChI is InChI=1S/C13H19NO3/c1-13(9-14,12(15)17-3)8-10-6-4-5-7-11(10)16-2/h4-7H,8-9,14H2,1-3H3. The summed E-state index contributed by atoms with van der Waals surface area (Å²) >= 11 is 0. The summed E-state index contributed by atoms with van der Waals surface area (Å²) < 4.78 is 10.0. The Morgan fingerprint density at radius 2 is 2.00 bits per heavy atom. The van der Waals surface area contributed by atoms with Crippen molar-refractivity contribution in [2.24, 2.45) is 11.1 Å². The quantitative estimate of drug-likeness (QED) is 0.786. The van der Waals surface area contributed by atoms with Crippen LogP contribution in [0.4, 0.5) is 0 Å². The Kier molecular flexibility index (Phi) is 4.52. The summed E-state index contributed by atoms with van der Waals surface area (Å²) in [7, 11) is 2.98. The highest BCUT2D eigenvalue weighted by Crippen LogP contribution is 2.28. The van der Waals surface area contributed by atoms with Gasteiger partial charge in [0.1, 0.15) is 5.75 Å². The van der Waals surface area contributed by atoms with Crippen molar-refractivity contribution >= 4 is 5.97 Å². The lowest BCUT2D eigenvalue weighted by Gasteiger charge is -2.25. The van der Waals surface area contributed by atoms with Crippen molar-refractivity contribution in [2.75, 3.05) is 20.8 Å². The molecule has 0 spiro atoms. The molecule has 1 aromatic rings. The topological polar surface area (TPSA) is 61.5 Å². The van der Waals surface area contributed by atoms with Gasteiger partial charge in [-0.2, -0.15) is 0 Å². The summed E-state index contributed by atoms with van der Waals surface area (Å²) in [6, 6.07) is 7.59. The molecule has 0 aliphatic rings. The fourth-order valence-corrected chi connectivity index (χ4v) is 1.74. The summed E-state index contributed by atoms with van der Waals surface area (Å²) in [5, 5.41) is 0. The molecule has 1 unspecified atom stereocenters. The van der Waals surface area contributed by atoms with Gasteiger partial charge >= 0.3 is 5.97 Å². The Hall–Kier alpha value is -1.55. The van der Waals surface area contributed by atoms with Gasteiger partial charge < -0.3 is 15.2 Å². The zero-order valence-corrected chi connectivity index (χ0v) is 10.5. The van der Waals surface area contributed by atoms with Crippen molar-refractivity contribution < 1.29 is 14.3 Å². The smallest absolute Gasteiger partial charge is 0.313 e. The number of benzene rings is 1. The molecule has 0 aliphatic heterocycles. The van der Waals surface area contributed by atoms with Crippen LogP contribution < -0.4 is 10.5 Å². The molecule has 0 aromatic heterocycles. The van der Waals surface area contributed by atoms with Gasteiger partial charge in [-0.05, 0) is 25.0 Å². The number of hydrogen-bond acceptors (Lipinski definition) is 4. The van der Waals surface area contributed by atoms with Crippen LogP contribution in [-0.2, 0) is 16.0 Å². The molecule has 0 heterocycles. The van der Waals surface area contributed by atoms with E-state index in [1.54, 1.807) is 14.0 Å². The number of nitrogens with two attached hydrogens (primary N) is 1. The lowest BCUT2D eigenvalue weighted by molar-refractivity contribution is -0.151. The number of carbonyl (C=O) groups excluding carboxylic acids is 1. The zero-order valence-electron chi connectivity index (χ0n) is 10.5. The van der Waals surface area contributed by atoms with Gasteiger partial charge in [0, 0.05) is 6.54 Å². The van der Waals surface area contributed by atoms with Crippen LogP contribution in [-0.4, -0.2) is 26.7 Å². The molecule has 0 fully saturated rings. The van der Waals surface area contributed by atoms with E-state index in [1.807, 2.05) is 24.3 Å². The molecule has 4 heteroatoms. The molecule has 94 valence electrons. The van der Waals surface area contributed by atoms with Gasteiger partial charge in [0.15, 0.2) is 0 Å². The molecular formula is C13H19NO3. The van der Waals surface area contributed by atoms with Crippen molar-refractivity contribution in [3.8, 4) is 5.75 Å². The largest absolute Gasteiger partial charge is 0.496 e. The van der Waals surface area contributed by atoms with Crippen LogP contribution in [0.5, 0.6) is 5.75 Å². The summed E-state index contributed by atoms with van der Waals surface area (Å²) in [5.74, 6) is 0.460. The average Bonchev–Trinajstić information content (AvgIpc) is 2.38. The van der Waals surface area contributed by atoms with Gasteiger partial charge in [-0.1, -0.05) is 18.2 Å². The third-order valence-corrected chi connectivity index (χ3v) is 2.90. The lowest BCUT2D eigenvalue weighted by Crippen LogP contribution is -2.38. The van der Waals surface area contributed by atoms with E-state index < -0.39 is 5.41 Å². The number of hydrogen-bond donors (Lipinski definition) is 1. The highest BCUT2D eigenvalue weighted by Gasteiger charge is 2.33. The first-order valence-electron chi connectivity index (χ1n) is 5.48. The second kappa shape index (κ2) is 5.68. The average molecular weight is 237 g/mol. The molecule has 4 nitrogen and oxygen atoms in total. The fourth-order valence-electron chi connectivity index (χ4n) is 1.74. The Labute approximate surface area is 102 Å². The maximum atomic E-state index is 11.7. The lowest BCUT2D eigenvalue weighted by atomic mass is 9.83. The van der Waals surface area contributed by atoms with Crippen molar-refractivity contribution in [3.05, 3.63) is 29.8 Å². The van der Waals surface area contributed by atoms with Crippen molar-refractivity contribution in [1.29, 1.82) is 0 Å². The number of rotatable bonds is 5. The van der Waals surface area contributed by atoms with Gasteiger partial charge in [-0.25, -0.2) is 0 Å². The summed E-state index contributed by atoms with van der Waals surface area (Å²) in [4.78, 5) is 11.7. The summed E-state index contributed by atoms with van der Waals surface area (Å²) in [6.45, 7) is 2.03. The van der Waals surface area contributed by atoms with Gasteiger partial charge in [0.05, 0.1) is 19.6 Å². The van der Waals surface area contributed by atoms with E-state index in [-0.39, 0.29) is 12.5 Å². The molecule has 0 aliphatic carbocycles. The van der Waals surface area contributed by atoms with Crippen LogP contribution in [0, 0.1) is 5.41 Å². The first-order chi connectivity index (χ1) is 8.07. The van der Waals surface area contributed by atoms with Crippen molar-refractivity contribution in [2.45, 2.75) is 13.3 Å². The van der Waals surface area contributed by atoms with Crippen LogP contribution in [0.3, 0.4) is 0 Å². The van der Waals surface area contributed by atoms with E-state index in [9.17, 15) is 4.79 Å². The second-order valence-corrected chi connectivity index (χ2v) is 4.24. The highest BCUT2D eigenvalue weighted by molar-refractivity contribution is 5.77. The minimum Gasteiger partial charge on any atom is -0.496 e. The summed E-state index contributed by atoms with van der Waals surface area (Å²) in [6.07, 6.45) is 0.500. The third-order valence-electron chi connectivity index (χ3n) is 2.90. The molecule has 0 radical (unpaired) electrons. The molecule has 0 bridgehead atoms. The normalized spacial score (nSPS) is 13.9. The van der Waals surface area contributed by atoms with Crippen LogP contribution in [0.2, 0.25) is 0 Å². The van der Waals surface area contributed by atoms with Crippen LogP contribution in [0.15, 0.2) is 24.3 Å². The Balaban J connectivity index is 2.98. The first-order valence-corrected chi connectivity index (χ1v) is 5.48. The van der Waals surface area contributed by atoms with E-state index in [2.05, 4.69) is 0 Å². The van der Waals surface area contributed by atoms with E-state index >= 15 is 0 Å². The van der Waals surface area contributed by atoms with Crippen molar-refractivity contribution in [3.63, 3.8) is 0 Å². The zero-order chi connectivity index (χ0) is 12.9. The molecule has 2 N–H and O–H groups in total. The highest BCUT2D eigenvalue weighted by atomic mass is 16.5. The van der Waals surface area contributed by atoms with Gasteiger partial charge in [-0.3, -0.25) is 4.79 Å². The molecule has 0 amide bonds. The third kappa shape index (κ3) is 2.97. The van der Waals surface area contributed by atoms with Gasteiger partial charge in [0.2, 0.25) is 0 Å². The first kappa shape index (κ1) is 13.5.